The van der Waals surface area contributed by atoms with E-state index in [1.54, 1.807) is 7.11 Å². The largest absolute Gasteiger partial charge is 0.493 e. The Morgan fingerprint density at radius 2 is 2.29 bits per heavy atom. The van der Waals surface area contributed by atoms with Crippen molar-refractivity contribution in [2.45, 2.75) is 13.0 Å². The van der Waals surface area contributed by atoms with Gasteiger partial charge in [0.25, 0.3) is 0 Å². The first kappa shape index (κ1) is 9.34. The average Bonchev–Trinajstić information content (AvgIpc) is 2.59. The summed E-state index contributed by atoms with van der Waals surface area (Å²) < 4.78 is 10.9. The van der Waals surface area contributed by atoms with E-state index in [2.05, 4.69) is 18.3 Å². The summed E-state index contributed by atoms with van der Waals surface area (Å²) in [4.78, 5) is 0. The lowest BCUT2D eigenvalue weighted by Crippen LogP contribution is -2.17. The third-order valence-electron chi connectivity index (χ3n) is 2.57. The standard InChI is InChI=1S/C11H15NO2/c1-7-4-8-9(12-2)6-14-11(8)10(5-7)13-3/h4-5,9,12H,6H2,1-3H3. The van der Waals surface area contributed by atoms with Crippen LogP contribution in [-0.2, 0) is 0 Å². The number of benzene rings is 1. The quantitative estimate of drug-likeness (QED) is 0.774. The van der Waals surface area contributed by atoms with Gasteiger partial charge < -0.3 is 14.8 Å². The zero-order chi connectivity index (χ0) is 10.1. The zero-order valence-electron chi connectivity index (χ0n) is 8.76. The molecule has 0 radical (unpaired) electrons. The molecular formula is C11H15NO2. The Kier molecular flexibility index (Phi) is 2.33. The number of aryl methyl sites for hydroxylation is 1. The molecule has 1 aromatic carbocycles. The highest BCUT2D eigenvalue weighted by atomic mass is 16.5. The fourth-order valence-corrected chi connectivity index (χ4v) is 1.83. The molecule has 14 heavy (non-hydrogen) atoms. The molecule has 1 heterocycles. The van der Waals surface area contributed by atoms with Crippen molar-refractivity contribution in [3.05, 3.63) is 23.3 Å². The maximum atomic E-state index is 5.59. The number of likely N-dealkylation sites (N-methyl/N-ethyl adjacent to an activating group) is 1. The second-order valence-electron chi connectivity index (χ2n) is 3.54. The number of hydrogen-bond acceptors (Lipinski definition) is 3. The van der Waals surface area contributed by atoms with Gasteiger partial charge in [0.2, 0.25) is 0 Å². The second-order valence-corrected chi connectivity index (χ2v) is 3.54. The number of methoxy groups -OCH3 is 1. The van der Waals surface area contributed by atoms with Crippen molar-refractivity contribution < 1.29 is 9.47 Å². The molecule has 0 saturated carbocycles. The molecule has 3 nitrogen and oxygen atoms in total. The van der Waals surface area contributed by atoms with E-state index in [1.165, 1.54) is 11.1 Å². The first-order valence-corrected chi connectivity index (χ1v) is 4.75. The van der Waals surface area contributed by atoms with Gasteiger partial charge >= 0.3 is 0 Å². The monoisotopic (exact) mass is 193 g/mol. The molecule has 76 valence electrons. The van der Waals surface area contributed by atoms with E-state index in [1.807, 2.05) is 13.1 Å². The highest BCUT2D eigenvalue weighted by Crippen LogP contribution is 2.40. The summed E-state index contributed by atoms with van der Waals surface area (Å²) in [6, 6.07) is 4.43. The van der Waals surface area contributed by atoms with E-state index < -0.39 is 0 Å². The Hall–Kier alpha value is -1.22. The highest BCUT2D eigenvalue weighted by Gasteiger charge is 2.26. The summed E-state index contributed by atoms with van der Waals surface area (Å²) in [7, 11) is 3.61. The number of fused-ring (bicyclic) bond motifs is 1. The molecule has 0 aromatic heterocycles. The molecule has 0 bridgehead atoms. The molecule has 0 saturated heterocycles. The number of hydrogen-bond donors (Lipinski definition) is 1. The Morgan fingerprint density at radius 1 is 1.50 bits per heavy atom. The van der Waals surface area contributed by atoms with Gasteiger partial charge in [0, 0.05) is 5.56 Å². The van der Waals surface area contributed by atoms with Crippen LogP contribution in [0.2, 0.25) is 0 Å². The Labute approximate surface area is 84.0 Å². The third kappa shape index (κ3) is 1.34. The topological polar surface area (TPSA) is 30.5 Å². The smallest absolute Gasteiger partial charge is 0.166 e. The van der Waals surface area contributed by atoms with Gasteiger partial charge in [-0.15, -0.1) is 0 Å². The molecule has 0 fully saturated rings. The van der Waals surface area contributed by atoms with Gasteiger partial charge in [-0.2, -0.15) is 0 Å². The van der Waals surface area contributed by atoms with Gasteiger partial charge in [-0.05, 0) is 25.6 Å². The van der Waals surface area contributed by atoms with E-state index >= 15 is 0 Å². The molecule has 3 heteroatoms. The van der Waals surface area contributed by atoms with Gasteiger partial charge in [0.15, 0.2) is 11.5 Å². The average molecular weight is 193 g/mol. The predicted octanol–water partition coefficient (Wildman–Crippen LogP) is 1.66. The first-order valence-electron chi connectivity index (χ1n) is 4.75. The van der Waals surface area contributed by atoms with Crippen molar-refractivity contribution in [2.24, 2.45) is 0 Å². The number of rotatable bonds is 2. The normalized spacial score (nSPS) is 18.9. The van der Waals surface area contributed by atoms with Gasteiger partial charge in [-0.3, -0.25) is 0 Å². The summed E-state index contributed by atoms with van der Waals surface area (Å²) in [5.74, 6) is 1.72. The van der Waals surface area contributed by atoms with Crippen molar-refractivity contribution in [3.63, 3.8) is 0 Å². The van der Waals surface area contributed by atoms with Gasteiger partial charge in [-0.1, -0.05) is 6.07 Å². The minimum Gasteiger partial charge on any atom is -0.493 e. The Balaban J connectivity index is 2.50. The molecule has 0 spiro atoms. The van der Waals surface area contributed by atoms with E-state index in [4.69, 9.17) is 9.47 Å². The summed E-state index contributed by atoms with van der Waals surface area (Å²) >= 11 is 0. The molecule has 1 aromatic rings. The number of nitrogens with one attached hydrogen (secondary N) is 1. The molecule has 0 aliphatic carbocycles. The molecule has 1 aliphatic heterocycles. The van der Waals surface area contributed by atoms with Crippen LogP contribution >= 0.6 is 0 Å². The van der Waals surface area contributed by atoms with Crippen LogP contribution in [0.5, 0.6) is 11.5 Å². The van der Waals surface area contributed by atoms with E-state index in [0.717, 1.165) is 11.5 Å². The summed E-state index contributed by atoms with van der Waals surface area (Å²) in [6.07, 6.45) is 0. The van der Waals surface area contributed by atoms with Gasteiger partial charge in [0.1, 0.15) is 6.61 Å². The molecular weight excluding hydrogens is 178 g/mol. The Bertz CT molecular complexity index is 349. The van der Waals surface area contributed by atoms with Crippen LogP contribution < -0.4 is 14.8 Å². The van der Waals surface area contributed by atoms with Crippen LogP contribution in [0.3, 0.4) is 0 Å². The maximum Gasteiger partial charge on any atom is 0.166 e. The molecule has 2 rings (SSSR count). The lowest BCUT2D eigenvalue weighted by Gasteiger charge is -2.09. The van der Waals surface area contributed by atoms with E-state index in [0.29, 0.717) is 12.6 Å². The second kappa shape index (κ2) is 3.50. The predicted molar refractivity (Wildman–Crippen MR) is 55.0 cm³/mol. The van der Waals surface area contributed by atoms with E-state index in [-0.39, 0.29) is 0 Å². The Morgan fingerprint density at radius 3 is 2.93 bits per heavy atom. The first-order chi connectivity index (χ1) is 6.76. The van der Waals surface area contributed by atoms with Crippen molar-refractivity contribution >= 4 is 0 Å². The van der Waals surface area contributed by atoms with Gasteiger partial charge in [-0.25, -0.2) is 0 Å². The fourth-order valence-electron chi connectivity index (χ4n) is 1.83. The molecule has 1 N–H and O–H groups in total. The van der Waals surface area contributed by atoms with Crippen LogP contribution in [0.1, 0.15) is 17.2 Å². The van der Waals surface area contributed by atoms with Crippen LogP contribution in [-0.4, -0.2) is 20.8 Å². The van der Waals surface area contributed by atoms with Crippen LogP contribution in [0.15, 0.2) is 12.1 Å². The maximum absolute atomic E-state index is 5.59. The summed E-state index contributed by atoms with van der Waals surface area (Å²) in [5, 5.41) is 3.22. The number of ether oxygens (including phenoxy) is 2. The van der Waals surface area contributed by atoms with Crippen molar-refractivity contribution in [3.8, 4) is 11.5 Å². The third-order valence-corrected chi connectivity index (χ3v) is 2.57. The van der Waals surface area contributed by atoms with E-state index in [9.17, 15) is 0 Å². The minimum atomic E-state index is 0.291. The van der Waals surface area contributed by atoms with Crippen LogP contribution in [0.4, 0.5) is 0 Å². The van der Waals surface area contributed by atoms with Crippen LogP contribution in [0.25, 0.3) is 0 Å². The fraction of sp³-hybridized carbons (Fsp3) is 0.455. The SMILES string of the molecule is CNC1COc2c(OC)cc(C)cc21. The van der Waals surface area contributed by atoms with Crippen molar-refractivity contribution in [1.29, 1.82) is 0 Å². The molecule has 1 aliphatic rings. The summed E-state index contributed by atoms with van der Waals surface area (Å²) in [6.45, 7) is 2.75. The highest BCUT2D eigenvalue weighted by molar-refractivity contribution is 5.52. The molecule has 0 amide bonds. The lowest BCUT2D eigenvalue weighted by atomic mass is 10.1. The summed E-state index contributed by atoms with van der Waals surface area (Å²) in [5.41, 5.74) is 2.40. The van der Waals surface area contributed by atoms with Gasteiger partial charge in [0.05, 0.1) is 13.2 Å². The van der Waals surface area contributed by atoms with Crippen molar-refractivity contribution in [1.82, 2.24) is 5.32 Å². The lowest BCUT2D eigenvalue weighted by molar-refractivity contribution is 0.300. The van der Waals surface area contributed by atoms with Crippen molar-refractivity contribution in [2.75, 3.05) is 20.8 Å². The van der Waals surface area contributed by atoms with Crippen LogP contribution in [0, 0.1) is 6.92 Å². The minimum absolute atomic E-state index is 0.291. The zero-order valence-corrected chi connectivity index (χ0v) is 8.76. The molecule has 1 atom stereocenters. The molecule has 1 unspecified atom stereocenters.